The van der Waals surface area contributed by atoms with Crippen molar-refractivity contribution in [1.82, 2.24) is 0 Å². The van der Waals surface area contributed by atoms with Crippen molar-refractivity contribution in [2.45, 2.75) is 34.6 Å². The third-order valence-corrected chi connectivity index (χ3v) is 1.86. The molecule has 0 unspecified atom stereocenters. The molecule has 0 aromatic rings. The molecule has 1 heteroatoms. The van der Waals surface area contributed by atoms with E-state index in [0.29, 0.717) is 0 Å². The minimum atomic E-state index is 0.0603. The molecule has 0 aliphatic heterocycles. The number of hydrogen-bond acceptors (Lipinski definition) is 1. The summed E-state index contributed by atoms with van der Waals surface area (Å²) in [6, 6.07) is 0. The lowest BCUT2D eigenvalue weighted by molar-refractivity contribution is 0.494. The van der Waals surface area contributed by atoms with Crippen LogP contribution in [0.2, 0.25) is 0 Å². The van der Waals surface area contributed by atoms with Crippen LogP contribution < -0.4 is 0 Å². The third-order valence-electron chi connectivity index (χ3n) is 1.86. The summed E-state index contributed by atoms with van der Waals surface area (Å²) in [7, 11) is 0. The molecule has 0 fully saturated rings. The number of hydrogen-bond donors (Lipinski definition) is 0. The molecule has 0 spiro atoms. The first-order chi connectivity index (χ1) is 5.30. The summed E-state index contributed by atoms with van der Waals surface area (Å²) in [5.41, 5.74) is 3.31. The van der Waals surface area contributed by atoms with Gasteiger partial charge < -0.3 is 0 Å². The Labute approximate surface area is 75.9 Å². The van der Waals surface area contributed by atoms with Gasteiger partial charge in [-0.15, -0.1) is 0 Å². The zero-order valence-electron chi connectivity index (χ0n) is 8.86. The van der Waals surface area contributed by atoms with Crippen LogP contribution in [-0.4, -0.2) is 6.72 Å². The molecule has 0 aliphatic carbocycles. The Morgan fingerprint density at radius 1 is 1.17 bits per heavy atom. The number of nitrogens with zero attached hydrogens (tertiary/aromatic N) is 1. The molecule has 0 saturated carbocycles. The monoisotopic (exact) mass is 165 g/mol. The van der Waals surface area contributed by atoms with E-state index in [1.165, 1.54) is 0 Å². The molecule has 12 heavy (non-hydrogen) atoms. The van der Waals surface area contributed by atoms with Crippen LogP contribution in [-0.2, 0) is 0 Å². The Kier molecular flexibility index (Phi) is 3.44. The van der Waals surface area contributed by atoms with Gasteiger partial charge in [-0.1, -0.05) is 32.9 Å². The molecular weight excluding hydrogens is 146 g/mol. The van der Waals surface area contributed by atoms with Gasteiger partial charge >= 0.3 is 0 Å². The van der Waals surface area contributed by atoms with Gasteiger partial charge in [0.2, 0.25) is 0 Å². The van der Waals surface area contributed by atoms with E-state index in [1.54, 1.807) is 0 Å². The molecule has 0 aromatic heterocycles. The summed E-state index contributed by atoms with van der Waals surface area (Å²) in [4.78, 5) is 4.05. The van der Waals surface area contributed by atoms with E-state index in [0.717, 1.165) is 16.8 Å². The molecule has 1 nitrogen and oxygen atoms in total. The minimum Gasteiger partial charge on any atom is -0.268 e. The molecule has 0 heterocycles. The fourth-order valence-electron chi connectivity index (χ4n) is 1.12. The second kappa shape index (κ2) is 3.70. The van der Waals surface area contributed by atoms with Crippen molar-refractivity contribution < 1.29 is 0 Å². The molecular formula is C11H19N. The fraction of sp³-hybridized carbons (Fsp3) is 0.545. The van der Waals surface area contributed by atoms with Crippen LogP contribution >= 0.6 is 0 Å². The molecule has 0 saturated heterocycles. The van der Waals surface area contributed by atoms with Gasteiger partial charge in [0.15, 0.2) is 0 Å². The summed E-state index contributed by atoms with van der Waals surface area (Å²) in [6.07, 6.45) is 0. The molecule has 0 rings (SSSR count). The largest absolute Gasteiger partial charge is 0.268 e. The van der Waals surface area contributed by atoms with Crippen LogP contribution in [0.5, 0.6) is 0 Å². The van der Waals surface area contributed by atoms with Crippen LogP contribution in [0.1, 0.15) is 34.6 Å². The molecule has 0 aromatic carbocycles. The normalized spacial score (nSPS) is 13.8. The molecule has 0 bridgehead atoms. The quantitative estimate of drug-likeness (QED) is 0.438. The smallest absolute Gasteiger partial charge is 0.0481 e. The van der Waals surface area contributed by atoms with E-state index in [4.69, 9.17) is 0 Å². The Balaban J connectivity index is 5.14. The molecule has 68 valence electrons. The topological polar surface area (TPSA) is 12.4 Å². The maximum Gasteiger partial charge on any atom is 0.0481 e. The van der Waals surface area contributed by atoms with Gasteiger partial charge in [-0.2, -0.15) is 0 Å². The van der Waals surface area contributed by atoms with Crippen LogP contribution in [0.4, 0.5) is 0 Å². The van der Waals surface area contributed by atoms with Crippen molar-refractivity contribution in [2.24, 2.45) is 10.4 Å². The maximum absolute atomic E-state index is 4.05. The Hall–Kier alpha value is -0.850. The van der Waals surface area contributed by atoms with Gasteiger partial charge in [-0.25, -0.2) is 0 Å². The predicted octanol–water partition coefficient (Wildman–Crippen LogP) is 3.58. The summed E-state index contributed by atoms with van der Waals surface area (Å²) in [6.45, 7) is 17.9. The highest BCUT2D eigenvalue weighted by atomic mass is 14.7. The molecule has 0 atom stereocenters. The zero-order valence-corrected chi connectivity index (χ0v) is 8.86. The lowest BCUT2D eigenvalue weighted by Gasteiger charge is -2.21. The van der Waals surface area contributed by atoms with Crippen LogP contribution in [0.3, 0.4) is 0 Å². The minimum absolute atomic E-state index is 0.0603. The summed E-state index contributed by atoms with van der Waals surface area (Å²) >= 11 is 0. The van der Waals surface area contributed by atoms with E-state index in [-0.39, 0.29) is 5.41 Å². The summed E-state index contributed by atoms with van der Waals surface area (Å²) in [5.74, 6) is 0. The number of allylic oxidation sites excluding steroid dienone is 3. The maximum atomic E-state index is 4.05. The summed E-state index contributed by atoms with van der Waals surface area (Å²) < 4.78 is 0. The molecule has 0 amide bonds. The van der Waals surface area contributed by atoms with Crippen molar-refractivity contribution >= 4 is 6.72 Å². The van der Waals surface area contributed by atoms with Crippen LogP contribution in [0.15, 0.2) is 28.4 Å². The van der Waals surface area contributed by atoms with E-state index < -0.39 is 0 Å². The van der Waals surface area contributed by atoms with E-state index in [2.05, 4.69) is 39.1 Å². The van der Waals surface area contributed by atoms with Gasteiger partial charge in [0, 0.05) is 11.1 Å². The van der Waals surface area contributed by atoms with E-state index >= 15 is 0 Å². The van der Waals surface area contributed by atoms with Crippen molar-refractivity contribution in [1.29, 1.82) is 0 Å². The van der Waals surface area contributed by atoms with Crippen LogP contribution in [0.25, 0.3) is 0 Å². The highest BCUT2D eigenvalue weighted by Crippen LogP contribution is 2.30. The second-order valence-corrected chi connectivity index (χ2v) is 4.16. The van der Waals surface area contributed by atoms with Crippen molar-refractivity contribution in [3.8, 4) is 0 Å². The first-order valence-electron chi connectivity index (χ1n) is 4.14. The predicted molar refractivity (Wildman–Crippen MR) is 56.5 cm³/mol. The van der Waals surface area contributed by atoms with Gasteiger partial charge in [0.1, 0.15) is 0 Å². The van der Waals surface area contributed by atoms with Crippen molar-refractivity contribution in [3.05, 3.63) is 23.4 Å². The Morgan fingerprint density at radius 3 is 1.67 bits per heavy atom. The third kappa shape index (κ3) is 2.65. The first-order valence-corrected chi connectivity index (χ1v) is 4.14. The lowest BCUT2D eigenvalue weighted by Crippen LogP contribution is -2.09. The van der Waals surface area contributed by atoms with Gasteiger partial charge in [0.05, 0.1) is 0 Å². The Morgan fingerprint density at radius 2 is 1.58 bits per heavy atom. The average molecular weight is 165 g/mol. The van der Waals surface area contributed by atoms with E-state index in [1.807, 2.05) is 13.8 Å². The van der Waals surface area contributed by atoms with Crippen molar-refractivity contribution in [2.75, 3.05) is 0 Å². The molecule has 0 N–H and O–H groups in total. The average Bonchev–Trinajstić information content (AvgIpc) is 1.85. The lowest BCUT2D eigenvalue weighted by atomic mass is 9.88. The number of aliphatic imine (C=N–C) groups is 1. The SMILES string of the molecule is C=N/C(=C(/C)C(=C)C)C(C)(C)C. The van der Waals surface area contributed by atoms with Gasteiger partial charge in [-0.05, 0) is 26.1 Å². The molecule has 0 aliphatic rings. The van der Waals surface area contributed by atoms with E-state index in [9.17, 15) is 0 Å². The first kappa shape index (κ1) is 11.2. The highest BCUT2D eigenvalue weighted by Gasteiger charge is 2.18. The van der Waals surface area contributed by atoms with Gasteiger partial charge in [0.25, 0.3) is 0 Å². The van der Waals surface area contributed by atoms with Crippen molar-refractivity contribution in [3.63, 3.8) is 0 Å². The van der Waals surface area contributed by atoms with Gasteiger partial charge in [-0.3, -0.25) is 4.99 Å². The zero-order chi connectivity index (χ0) is 9.94. The second-order valence-electron chi connectivity index (χ2n) is 4.16. The summed E-state index contributed by atoms with van der Waals surface area (Å²) in [5, 5.41) is 0. The highest BCUT2D eigenvalue weighted by molar-refractivity contribution is 5.38. The number of rotatable bonds is 2. The van der Waals surface area contributed by atoms with Crippen LogP contribution in [0, 0.1) is 5.41 Å². The molecule has 0 radical (unpaired) electrons. The fourth-order valence-corrected chi connectivity index (χ4v) is 1.12. The Bertz CT molecular complexity index is 226. The standard InChI is InChI=1S/C11H19N/c1-8(2)9(3)10(12-7)11(4,5)6/h1,7H2,2-6H3/b10-9-.